The third-order valence-electron chi connectivity index (χ3n) is 4.17. The normalized spacial score (nSPS) is 13.4. The fourth-order valence-corrected chi connectivity index (χ4v) is 2.62. The maximum Gasteiger partial charge on any atom is 0.191 e. The lowest BCUT2D eigenvalue weighted by Gasteiger charge is -2.16. The molecule has 2 aromatic rings. The molecule has 0 aliphatic heterocycles. The Hall–Kier alpha value is -1.97. The molecular formula is C18H28N4. The minimum atomic E-state index is 0.436. The van der Waals surface area contributed by atoms with Crippen LogP contribution in [0.25, 0.3) is 10.9 Å². The SMILES string of the molecule is CCc1cccc2c(CCNC(=NC)NC(C)CC)c[nH]c12. The molecule has 0 aliphatic carbocycles. The van der Waals surface area contributed by atoms with Crippen LogP contribution in [0.3, 0.4) is 0 Å². The molecule has 0 radical (unpaired) electrons. The smallest absolute Gasteiger partial charge is 0.191 e. The fourth-order valence-electron chi connectivity index (χ4n) is 2.62. The summed E-state index contributed by atoms with van der Waals surface area (Å²) in [5.74, 6) is 0.878. The highest BCUT2D eigenvalue weighted by Gasteiger charge is 2.07. The molecule has 4 nitrogen and oxygen atoms in total. The van der Waals surface area contributed by atoms with E-state index in [1.165, 1.54) is 22.0 Å². The van der Waals surface area contributed by atoms with Crippen molar-refractivity contribution < 1.29 is 0 Å². The van der Waals surface area contributed by atoms with Gasteiger partial charge in [-0.3, -0.25) is 4.99 Å². The first-order chi connectivity index (χ1) is 10.7. The largest absolute Gasteiger partial charge is 0.361 e. The van der Waals surface area contributed by atoms with Crippen LogP contribution in [0.4, 0.5) is 0 Å². The number of rotatable bonds is 6. The number of para-hydroxylation sites is 1. The first-order valence-electron chi connectivity index (χ1n) is 8.24. The second-order valence-corrected chi connectivity index (χ2v) is 5.71. The molecule has 0 saturated carbocycles. The van der Waals surface area contributed by atoms with E-state index in [9.17, 15) is 0 Å². The molecule has 0 fully saturated rings. The number of hydrogen-bond acceptors (Lipinski definition) is 1. The van der Waals surface area contributed by atoms with Crippen LogP contribution >= 0.6 is 0 Å². The summed E-state index contributed by atoms with van der Waals surface area (Å²) in [6.07, 6.45) is 5.26. The van der Waals surface area contributed by atoms with Gasteiger partial charge in [-0.1, -0.05) is 32.0 Å². The van der Waals surface area contributed by atoms with E-state index < -0.39 is 0 Å². The van der Waals surface area contributed by atoms with E-state index in [0.717, 1.165) is 31.8 Å². The van der Waals surface area contributed by atoms with Gasteiger partial charge in [0.25, 0.3) is 0 Å². The lowest BCUT2D eigenvalue weighted by molar-refractivity contribution is 0.624. The number of hydrogen-bond donors (Lipinski definition) is 3. The van der Waals surface area contributed by atoms with Crippen LogP contribution in [0, 0.1) is 0 Å². The van der Waals surface area contributed by atoms with Gasteiger partial charge < -0.3 is 15.6 Å². The summed E-state index contributed by atoms with van der Waals surface area (Å²) in [6, 6.07) is 6.98. The van der Waals surface area contributed by atoms with E-state index in [2.05, 4.69) is 65.8 Å². The molecule has 1 atom stereocenters. The van der Waals surface area contributed by atoms with E-state index in [1.54, 1.807) is 0 Å². The molecule has 4 heteroatoms. The van der Waals surface area contributed by atoms with Crippen molar-refractivity contribution in [2.24, 2.45) is 4.99 Å². The van der Waals surface area contributed by atoms with E-state index in [0.29, 0.717) is 6.04 Å². The van der Waals surface area contributed by atoms with Crippen molar-refractivity contribution in [2.75, 3.05) is 13.6 Å². The lowest BCUT2D eigenvalue weighted by atomic mass is 10.1. The summed E-state index contributed by atoms with van der Waals surface area (Å²) in [6.45, 7) is 7.40. The third kappa shape index (κ3) is 3.81. The van der Waals surface area contributed by atoms with Crippen LogP contribution in [0.15, 0.2) is 29.4 Å². The van der Waals surface area contributed by atoms with Crippen LogP contribution in [0.1, 0.15) is 38.3 Å². The van der Waals surface area contributed by atoms with Crippen molar-refractivity contribution in [3.05, 3.63) is 35.5 Å². The fraction of sp³-hybridized carbons (Fsp3) is 0.500. The van der Waals surface area contributed by atoms with E-state index >= 15 is 0 Å². The van der Waals surface area contributed by atoms with E-state index in [4.69, 9.17) is 0 Å². The Morgan fingerprint density at radius 3 is 2.77 bits per heavy atom. The van der Waals surface area contributed by atoms with Gasteiger partial charge in [-0.2, -0.15) is 0 Å². The third-order valence-corrected chi connectivity index (χ3v) is 4.17. The van der Waals surface area contributed by atoms with Gasteiger partial charge in [0.1, 0.15) is 0 Å². The van der Waals surface area contributed by atoms with Crippen molar-refractivity contribution in [2.45, 2.75) is 46.1 Å². The molecule has 0 aliphatic rings. The Bertz CT molecular complexity index is 627. The van der Waals surface area contributed by atoms with Crippen LogP contribution < -0.4 is 10.6 Å². The molecule has 1 aromatic carbocycles. The highest BCUT2D eigenvalue weighted by Crippen LogP contribution is 2.22. The molecule has 0 bridgehead atoms. The Morgan fingerprint density at radius 1 is 1.27 bits per heavy atom. The quantitative estimate of drug-likeness (QED) is 0.566. The molecule has 1 aromatic heterocycles. The zero-order valence-electron chi connectivity index (χ0n) is 14.2. The standard InChI is InChI=1S/C18H28N4/c1-5-13(3)22-18(19-4)20-11-10-15-12-21-17-14(6-2)8-7-9-16(15)17/h7-9,12-13,21H,5-6,10-11H2,1-4H3,(H2,19,20,22). The molecule has 3 N–H and O–H groups in total. The summed E-state index contributed by atoms with van der Waals surface area (Å²) < 4.78 is 0. The number of benzene rings is 1. The molecule has 0 spiro atoms. The highest BCUT2D eigenvalue weighted by molar-refractivity contribution is 5.86. The summed E-state index contributed by atoms with van der Waals surface area (Å²) in [5, 5.41) is 8.11. The number of aromatic amines is 1. The van der Waals surface area contributed by atoms with Gasteiger partial charge in [-0.15, -0.1) is 0 Å². The Balaban J connectivity index is 1.97. The van der Waals surface area contributed by atoms with Crippen LogP contribution in [-0.4, -0.2) is 30.6 Å². The molecule has 0 amide bonds. The predicted molar refractivity (Wildman–Crippen MR) is 95.6 cm³/mol. The molecule has 0 saturated heterocycles. The zero-order valence-corrected chi connectivity index (χ0v) is 14.2. The van der Waals surface area contributed by atoms with Gasteiger partial charge in [0.15, 0.2) is 5.96 Å². The zero-order chi connectivity index (χ0) is 15.9. The number of nitrogens with one attached hydrogen (secondary N) is 3. The minimum Gasteiger partial charge on any atom is -0.361 e. The number of aromatic nitrogens is 1. The summed E-state index contributed by atoms with van der Waals surface area (Å²) in [7, 11) is 1.82. The average molecular weight is 300 g/mol. The van der Waals surface area contributed by atoms with Crippen LogP contribution in [0.2, 0.25) is 0 Å². The first-order valence-corrected chi connectivity index (χ1v) is 8.24. The van der Waals surface area contributed by atoms with E-state index in [1.807, 2.05) is 7.05 Å². The molecular weight excluding hydrogens is 272 g/mol. The Kier molecular flexibility index (Phi) is 5.87. The van der Waals surface area contributed by atoms with Gasteiger partial charge in [-0.25, -0.2) is 0 Å². The minimum absolute atomic E-state index is 0.436. The van der Waals surface area contributed by atoms with Crippen molar-refractivity contribution in [1.82, 2.24) is 15.6 Å². The second-order valence-electron chi connectivity index (χ2n) is 5.71. The van der Waals surface area contributed by atoms with Crippen molar-refractivity contribution >= 4 is 16.9 Å². The number of guanidine groups is 1. The highest BCUT2D eigenvalue weighted by atomic mass is 15.2. The number of fused-ring (bicyclic) bond motifs is 1. The molecule has 1 unspecified atom stereocenters. The van der Waals surface area contributed by atoms with Crippen molar-refractivity contribution in [3.63, 3.8) is 0 Å². The average Bonchev–Trinajstić information content (AvgIpc) is 2.96. The summed E-state index contributed by atoms with van der Waals surface area (Å²) in [5.41, 5.74) is 4.02. The summed E-state index contributed by atoms with van der Waals surface area (Å²) in [4.78, 5) is 7.70. The molecule has 22 heavy (non-hydrogen) atoms. The maximum atomic E-state index is 4.27. The monoisotopic (exact) mass is 300 g/mol. The molecule has 120 valence electrons. The van der Waals surface area contributed by atoms with Crippen LogP contribution in [-0.2, 0) is 12.8 Å². The van der Waals surface area contributed by atoms with Gasteiger partial charge in [0.2, 0.25) is 0 Å². The number of H-pyrrole nitrogens is 1. The van der Waals surface area contributed by atoms with Gasteiger partial charge in [0, 0.05) is 36.7 Å². The van der Waals surface area contributed by atoms with Crippen LogP contribution in [0.5, 0.6) is 0 Å². The Morgan fingerprint density at radius 2 is 2.09 bits per heavy atom. The van der Waals surface area contributed by atoms with Gasteiger partial charge >= 0.3 is 0 Å². The number of aliphatic imine (C=N–C) groups is 1. The van der Waals surface area contributed by atoms with Crippen molar-refractivity contribution in [3.8, 4) is 0 Å². The van der Waals surface area contributed by atoms with Crippen molar-refractivity contribution in [1.29, 1.82) is 0 Å². The Labute approximate surface area is 133 Å². The summed E-state index contributed by atoms with van der Waals surface area (Å²) >= 11 is 0. The lowest BCUT2D eigenvalue weighted by Crippen LogP contribution is -2.42. The number of aryl methyl sites for hydroxylation is 1. The first kappa shape index (κ1) is 16.4. The maximum absolute atomic E-state index is 4.27. The van der Waals surface area contributed by atoms with Gasteiger partial charge in [0.05, 0.1) is 0 Å². The molecule has 1 heterocycles. The predicted octanol–water partition coefficient (Wildman–Crippen LogP) is 3.24. The number of nitrogens with zero attached hydrogens (tertiary/aromatic N) is 1. The van der Waals surface area contributed by atoms with E-state index in [-0.39, 0.29) is 0 Å². The topological polar surface area (TPSA) is 52.2 Å². The second kappa shape index (κ2) is 7.87. The molecule has 2 rings (SSSR count). The van der Waals surface area contributed by atoms with Gasteiger partial charge in [-0.05, 0) is 37.3 Å².